The van der Waals surface area contributed by atoms with Gasteiger partial charge in [0.05, 0.1) is 10.5 Å². The fourth-order valence-corrected chi connectivity index (χ4v) is 2.32. The first-order chi connectivity index (χ1) is 8.58. The molecule has 1 heterocycles. The fourth-order valence-electron chi connectivity index (χ4n) is 2.15. The van der Waals surface area contributed by atoms with Crippen molar-refractivity contribution in [2.75, 3.05) is 11.9 Å². The number of aromatic nitrogens is 1. The van der Waals surface area contributed by atoms with Crippen LogP contribution in [0.2, 0.25) is 5.02 Å². The van der Waals surface area contributed by atoms with Gasteiger partial charge in [0.1, 0.15) is 5.82 Å². The maximum atomic E-state index is 13.5. The van der Waals surface area contributed by atoms with Crippen LogP contribution in [-0.2, 0) is 6.42 Å². The van der Waals surface area contributed by atoms with Crippen molar-refractivity contribution in [3.8, 4) is 0 Å². The fraction of sp³-hybridized carbons (Fsp3) is 0.357. The highest BCUT2D eigenvalue weighted by Gasteiger charge is 2.12. The molecule has 0 aliphatic rings. The van der Waals surface area contributed by atoms with Gasteiger partial charge in [0.2, 0.25) is 0 Å². The van der Waals surface area contributed by atoms with Gasteiger partial charge < -0.3 is 5.32 Å². The SMILES string of the molecule is CCNc1c(C)c(CC)nc2cc(F)c(Cl)cc12. The second-order valence-corrected chi connectivity index (χ2v) is 4.63. The van der Waals surface area contributed by atoms with Crippen molar-refractivity contribution >= 4 is 28.2 Å². The van der Waals surface area contributed by atoms with Gasteiger partial charge in [-0.05, 0) is 31.9 Å². The van der Waals surface area contributed by atoms with E-state index >= 15 is 0 Å². The smallest absolute Gasteiger partial charge is 0.143 e. The minimum Gasteiger partial charge on any atom is -0.385 e. The molecular weight excluding hydrogens is 251 g/mol. The third kappa shape index (κ3) is 2.15. The molecule has 0 atom stereocenters. The lowest BCUT2D eigenvalue weighted by molar-refractivity contribution is 0.629. The van der Waals surface area contributed by atoms with Gasteiger partial charge >= 0.3 is 0 Å². The monoisotopic (exact) mass is 266 g/mol. The van der Waals surface area contributed by atoms with E-state index in [4.69, 9.17) is 11.6 Å². The Morgan fingerprint density at radius 1 is 1.33 bits per heavy atom. The lowest BCUT2D eigenvalue weighted by Crippen LogP contribution is -2.04. The van der Waals surface area contributed by atoms with E-state index in [1.165, 1.54) is 6.07 Å². The minimum absolute atomic E-state index is 0.132. The van der Waals surface area contributed by atoms with Crippen LogP contribution in [0.5, 0.6) is 0 Å². The second kappa shape index (κ2) is 5.11. The molecule has 0 spiro atoms. The zero-order chi connectivity index (χ0) is 13.3. The Labute approximate surface area is 111 Å². The molecule has 0 bridgehead atoms. The summed E-state index contributed by atoms with van der Waals surface area (Å²) < 4.78 is 13.5. The Hall–Kier alpha value is -1.35. The summed E-state index contributed by atoms with van der Waals surface area (Å²) in [5.74, 6) is -0.426. The van der Waals surface area contributed by atoms with Crippen LogP contribution in [0.25, 0.3) is 10.9 Å². The average molecular weight is 267 g/mol. The van der Waals surface area contributed by atoms with E-state index in [-0.39, 0.29) is 5.02 Å². The summed E-state index contributed by atoms with van der Waals surface area (Å²) in [6, 6.07) is 3.04. The van der Waals surface area contributed by atoms with Crippen LogP contribution in [0.3, 0.4) is 0 Å². The largest absolute Gasteiger partial charge is 0.385 e. The Balaban J connectivity index is 2.81. The van der Waals surface area contributed by atoms with E-state index in [0.29, 0.717) is 5.52 Å². The maximum absolute atomic E-state index is 13.5. The molecule has 2 nitrogen and oxygen atoms in total. The van der Waals surface area contributed by atoms with E-state index in [1.807, 2.05) is 20.8 Å². The molecule has 0 unspecified atom stereocenters. The molecule has 0 saturated heterocycles. The van der Waals surface area contributed by atoms with Crippen LogP contribution in [-0.4, -0.2) is 11.5 Å². The third-order valence-corrected chi connectivity index (χ3v) is 3.35. The number of hydrogen-bond donors (Lipinski definition) is 1. The number of pyridine rings is 1. The Kier molecular flexibility index (Phi) is 3.71. The summed E-state index contributed by atoms with van der Waals surface area (Å²) >= 11 is 5.86. The minimum atomic E-state index is -0.426. The summed E-state index contributed by atoms with van der Waals surface area (Å²) in [6.07, 6.45) is 0.824. The van der Waals surface area contributed by atoms with Crippen molar-refractivity contribution < 1.29 is 4.39 Å². The first-order valence-corrected chi connectivity index (χ1v) is 6.48. The number of nitrogens with one attached hydrogen (secondary N) is 1. The maximum Gasteiger partial charge on any atom is 0.143 e. The van der Waals surface area contributed by atoms with Gasteiger partial charge in [-0.15, -0.1) is 0 Å². The number of anilines is 1. The first-order valence-electron chi connectivity index (χ1n) is 6.10. The van der Waals surface area contributed by atoms with Crippen LogP contribution < -0.4 is 5.32 Å². The highest BCUT2D eigenvalue weighted by Crippen LogP contribution is 2.31. The molecule has 0 saturated carbocycles. The van der Waals surface area contributed by atoms with Crippen LogP contribution in [0, 0.1) is 12.7 Å². The summed E-state index contributed by atoms with van der Waals surface area (Å²) in [4.78, 5) is 4.50. The highest BCUT2D eigenvalue weighted by atomic mass is 35.5. The van der Waals surface area contributed by atoms with Crippen LogP contribution in [0.1, 0.15) is 25.1 Å². The van der Waals surface area contributed by atoms with Gasteiger partial charge in [0.15, 0.2) is 0 Å². The van der Waals surface area contributed by atoms with Gasteiger partial charge in [-0.2, -0.15) is 0 Å². The van der Waals surface area contributed by atoms with Crippen molar-refractivity contribution in [2.45, 2.75) is 27.2 Å². The van der Waals surface area contributed by atoms with Gasteiger partial charge in [0.25, 0.3) is 0 Å². The van der Waals surface area contributed by atoms with Crippen molar-refractivity contribution in [3.05, 3.63) is 34.2 Å². The highest BCUT2D eigenvalue weighted by molar-refractivity contribution is 6.31. The molecule has 96 valence electrons. The molecule has 18 heavy (non-hydrogen) atoms. The number of nitrogens with zero attached hydrogens (tertiary/aromatic N) is 1. The number of halogens is 2. The molecule has 4 heteroatoms. The molecule has 0 fully saturated rings. The Bertz CT molecular complexity index is 596. The lowest BCUT2D eigenvalue weighted by atomic mass is 10.1. The van der Waals surface area contributed by atoms with E-state index < -0.39 is 5.82 Å². The summed E-state index contributed by atoms with van der Waals surface area (Å²) in [7, 11) is 0. The van der Waals surface area contributed by atoms with Crippen LogP contribution in [0.4, 0.5) is 10.1 Å². The standard InChI is InChI=1S/C14H16ClFN2/c1-4-12-8(3)14(17-5-2)9-6-10(15)11(16)7-13(9)18-12/h6-7H,4-5H2,1-3H3,(H,17,18). The van der Waals surface area contributed by atoms with Crippen LogP contribution in [0.15, 0.2) is 12.1 Å². The molecule has 2 aromatic rings. The zero-order valence-electron chi connectivity index (χ0n) is 10.8. The van der Waals surface area contributed by atoms with E-state index in [1.54, 1.807) is 6.07 Å². The topological polar surface area (TPSA) is 24.9 Å². The number of rotatable bonds is 3. The summed E-state index contributed by atoms with van der Waals surface area (Å²) in [6.45, 7) is 6.91. The predicted molar refractivity (Wildman–Crippen MR) is 75.0 cm³/mol. The number of aryl methyl sites for hydroxylation is 1. The van der Waals surface area contributed by atoms with Crippen LogP contribution >= 0.6 is 11.6 Å². The normalized spacial score (nSPS) is 10.9. The third-order valence-electron chi connectivity index (χ3n) is 3.06. The van der Waals surface area contributed by atoms with Gasteiger partial charge in [-0.1, -0.05) is 18.5 Å². The zero-order valence-corrected chi connectivity index (χ0v) is 11.5. The van der Waals surface area contributed by atoms with E-state index in [2.05, 4.69) is 10.3 Å². The lowest BCUT2D eigenvalue weighted by Gasteiger charge is -2.15. The van der Waals surface area contributed by atoms with Crippen molar-refractivity contribution in [3.63, 3.8) is 0 Å². The molecule has 1 aromatic carbocycles. The predicted octanol–water partition coefficient (Wildman–Crippen LogP) is 4.33. The molecule has 1 aromatic heterocycles. The van der Waals surface area contributed by atoms with Crippen molar-refractivity contribution in [2.24, 2.45) is 0 Å². The quantitative estimate of drug-likeness (QED) is 0.894. The molecule has 1 N–H and O–H groups in total. The second-order valence-electron chi connectivity index (χ2n) is 4.23. The number of hydrogen-bond acceptors (Lipinski definition) is 2. The summed E-state index contributed by atoms with van der Waals surface area (Å²) in [5, 5.41) is 4.32. The number of benzene rings is 1. The molecule has 0 aliphatic heterocycles. The molecular formula is C14H16ClFN2. The summed E-state index contributed by atoms with van der Waals surface area (Å²) in [5.41, 5.74) is 3.74. The van der Waals surface area contributed by atoms with Gasteiger partial charge in [0, 0.05) is 29.4 Å². The van der Waals surface area contributed by atoms with E-state index in [0.717, 1.165) is 35.3 Å². The Morgan fingerprint density at radius 3 is 2.67 bits per heavy atom. The molecule has 0 aliphatic carbocycles. The molecule has 0 radical (unpaired) electrons. The molecule has 2 rings (SSSR count). The van der Waals surface area contributed by atoms with Gasteiger partial charge in [-0.3, -0.25) is 4.98 Å². The van der Waals surface area contributed by atoms with E-state index in [9.17, 15) is 4.39 Å². The number of fused-ring (bicyclic) bond motifs is 1. The van der Waals surface area contributed by atoms with Gasteiger partial charge in [-0.25, -0.2) is 4.39 Å². The molecule has 0 amide bonds. The van der Waals surface area contributed by atoms with Crippen molar-refractivity contribution in [1.29, 1.82) is 0 Å². The Morgan fingerprint density at radius 2 is 2.06 bits per heavy atom. The average Bonchev–Trinajstić information content (AvgIpc) is 2.35. The van der Waals surface area contributed by atoms with Crippen molar-refractivity contribution in [1.82, 2.24) is 4.98 Å². The first kappa shape index (κ1) is 13.1.